The van der Waals surface area contributed by atoms with Crippen LogP contribution in [-0.2, 0) is 19.6 Å². The molecule has 1 aromatic carbocycles. The maximum atomic E-state index is 12.6. The van der Waals surface area contributed by atoms with Crippen LogP contribution in [0.2, 0.25) is 5.02 Å². The number of carbonyl (C=O) groups is 2. The van der Waals surface area contributed by atoms with E-state index in [2.05, 4.69) is 0 Å². The molecule has 0 unspecified atom stereocenters. The van der Waals surface area contributed by atoms with E-state index in [4.69, 9.17) is 16.3 Å². The molecule has 7 nitrogen and oxygen atoms in total. The third-order valence-electron chi connectivity index (χ3n) is 4.35. The number of halogens is 1. The molecule has 1 aromatic rings. The number of rotatable bonds is 6. The fourth-order valence-electron chi connectivity index (χ4n) is 2.53. The van der Waals surface area contributed by atoms with E-state index in [0.717, 1.165) is 12.8 Å². The van der Waals surface area contributed by atoms with E-state index in [1.54, 1.807) is 18.7 Å². The molecule has 1 aliphatic rings. The van der Waals surface area contributed by atoms with E-state index in [-0.39, 0.29) is 27.4 Å². The van der Waals surface area contributed by atoms with Crippen molar-refractivity contribution in [2.75, 3.05) is 26.7 Å². The Kier molecular flexibility index (Phi) is 6.65. The maximum absolute atomic E-state index is 12.6. The second-order valence-electron chi connectivity index (χ2n) is 6.42. The van der Waals surface area contributed by atoms with Gasteiger partial charge in [0.25, 0.3) is 5.91 Å². The fourth-order valence-corrected chi connectivity index (χ4v) is 4.12. The number of sulfonamides is 1. The van der Waals surface area contributed by atoms with Gasteiger partial charge in [-0.25, -0.2) is 13.2 Å². The molecule has 0 atom stereocenters. The lowest BCUT2D eigenvalue weighted by Gasteiger charge is -2.21. The van der Waals surface area contributed by atoms with Crippen LogP contribution in [0.3, 0.4) is 0 Å². The van der Waals surface area contributed by atoms with E-state index < -0.39 is 22.6 Å². The van der Waals surface area contributed by atoms with Crippen LogP contribution in [-0.4, -0.2) is 62.3 Å². The van der Waals surface area contributed by atoms with Crippen molar-refractivity contribution in [1.82, 2.24) is 9.21 Å². The van der Waals surface area contributed by atoms with E-state index in [1.807, 2.05) is 0 Å². The zero-order valence-corrected chi connectivity index (χ0v) is 16.6. The van der Waals surface area contributed by atoms with Gasteiger partial charge in [0.15, 0.2) is 6.61 Å². The summed E-state index contributed by atoms with van der Waals surface area (Å²) in [5.74, 6) is -1.10. The fraction of sp³-hybridized carbons (Fsp3) is 0.529. The van der Waals surface area contributed by atoms with Crippen LogP contribution in [0.1, 0.15) is 37.0 Å². The second kappa shape index (κ2) is 8.37. The predicted octanol–water partition coefficient (Wildman–Crippen LogP) is 2.15. The lowest BCUT2D eigenvalue weighted by Crippen LogP contribution is -2.33. The zero-order chi connectivity index (χ0) is 19.5. The number of nitrogens with zero attached hydrogens (tertiary/aromatic N) is 2. The Morgan fingerprint density at radius 3 is 2.46 bits per heavy atom. The highest BCUT2D eigenvalue weighted by atomic mass is 35.5. The topological polar surface area (TPSA) is 84.0 Å². The molecule has 1 amide bonds. The zero-order valence-electron chi connectivity index (χ0n) is 15.1. The highest BCUT2D eigenvalue weighted by molar-refractivity contribution is 7.89. The molecular formula is C17H23ClN2O5S. The van der Waals surface area contributed by atoms with Crippen molar-refractivity contribution in [1.29, 1.82) is 0 Å². The summed E-state index contributed by atoms with van der Waals surface area (Å²) < 4.78 is 31.4. The van der Waals surface area contributed by atoms with Crippen LogP contribution in [0.25, 0.3) is 0 Å². The van der Waals surface area contributed by atoms with Crippen molar-refractivity contribution in [3.05, 3.63) is 28.8 Å². The molecule has 144 valence electrons. The molecule has 0 spiro atoms. The number of amides is 1. The average molecular weight is 403 g/mol. The quantitative estimate of drug-likeness (QED) is 0.681. The van der Waals surface area contributed by atoms with Crippen molar-refractivity contribution in [2.45, 2.75) is 37.6 Å². The summed E-state index contributed by atoms with van der Waals surface area (Å²) >= 11 is 6.02. The molecule has 0 aromatic heterocycles. The number of benzene rings is 1. The van der Waals surface area contributed by atoms with Gasteiger partial charge in [-0.05, 0) is 44.9 Å². The second-order valence-corrected chi connectivity index (χ2v) is 8.83. The van der Waals surface area contributed by atoms with Crippen LogP contribution in [0.4, 0.5) is 0 Å². The summed E-state index contributed by atoms with van der Waals surface area (Å²) in [6.07, 6.45) is 1.88. The van der Waals surface area contributed by atoms with Gasteiger partial charge in [-0.2, -0.15) is 4.31 Å². The number of likely N-dealkylation sites (tertiary alicyclic amines) is 1. The molecule has 0 aliphatic carbocycles. The number of carbonyl (C=O) groups excluding carboxylic acids is 2. The normalized spacial score (nSPS) is 14.9. The minimum absolute atomic E-state index is 0.0593. The molecule has 1 heterocycles. The van der Waals surface area contributed by atoms with Crippen LogP contribution in [0.5, 0.6) is 0 Å². The summed E-state index contributed by atoms with van der Waals surface area (Å²) in [5, 5.41) is 0.0646. The standard InChI is InChI=1S/C17H23ClN2O5S/c1-12(2)19(3)26(23,24)13-6-7-15(18)14(10-13)17(22)25-11-16(21)20-8-4-5-9-20/h6-7,10,12H,4-5,8-9,11H2,1-3H3. The first-order valence-corrected chi connectivity index (χ1v) is 10.2. The molecule has 0 saturated carbocycles. The summed E-state index contributed by atoms with van der Waals surface area (Å²) in [4.78, 5) is 25.8. The lowest BCUT2D eigenvalue weighted by molar-refractivity contribution is -0.133. The van der Waals surface area contributed by atoms with Crippen LogP contribution in [0.15, 0.2) is 23.1 Å². The molecule has 1 fully saturated rings. The van der Waals surface area contributed by atoms with Gasteiger partial charge in [0, 0.05) is 26.2 Å². The Bertz CT molecular complexity index is 788. The van der Waals surface area contributed by atoms with Gasteiger partial charge in [0.05, 0.1) is 15.5 Å². The third-order valence-corrected chi connectivity index (χ3v) is 6.71. The van der Waals surface area contributed by atoms with E-state index in [1.165, 1.54) is 29.6 Å². The van der Waals surface area contributed by atoms with Gasteiger partial charge < -0.3 is 9.64 Å². The summed E-state index contributed by atoms with van der Waals surface area (Å²) in [6.45, 7) is 4.41. The minimum Gasteiger partial charge on any atom is -0.452 e. The van der Waals surface area contributed by atoms with Gasteiger partial charge in [0.2, 0.25) is 10.0 Å². The van der Waals surface area contributed by atoms with Gasteiger partial charge in [-0.15, -0.1) is 0 Å². The Morgan fingerprint density at radius 2 is 1.88 bits per heavy atom. The molecule has 2 rings (SSSR count). The van der Waals surface area contributed by atoms with Crippen LogP contribution >= 0.6 is 11.6 Å². The molecule has 26 heavy (non-hydrogen) atoms. The Labute approximate surface area is 158 Å². The third kappa shape index (κ3) is 4.55. The largest absolute Gasteiger partial charge is 0.452 e. The van der Waals surface area contributed by atoms with Crippen molar-refractivity contribution < 1.29 is 22.7 Å². The summed E-state index contributed by atoms with van der Waals surface area (Å²) in [5.41, 5.74) is -0.0841. The average Bonchev–Trinajstić information content (AvgIpc) is 3.13. The van der Waals surface area contributed by atoms with Crippen molar-refractivity contribution in [2.24, 2.45) is 0 Å². The first kappa shape index (κ1) is 20.7. The summed E-state index contributed by atoms with van der Waals surface area (Å²) in [7, 11) is -2.30. The number of hydrogen-bond acceptors (Lipinski definition) is 5. The molecule has 0 radical (unpaired) electrons. The predicted molar refractivity (Wildman–Crippen MR) is 97.6 cm³/mol. The Morgan fingerprint density at radius 1 is 1.27 bits per heavy atom. The van der Waals surface area contributed by atoms with Crippen molar-refractivity contribution in [3.63, 3.8) is 0 Å². The first-order chi connectivity index (χ1) is 12.1. The van der Waals surface area contributed by atoms with Crippen molar-refractivity contribution >= 4 is 33.5 Å². The molecular weight excluding hydrogens is 380 g/mol. The van der Waals surface area contributed by atoms with Gasteiger partial charge in [-0.3, -0.25) is 4.79 Å². The summed E-state index contributed by atoms with van der Waals surface area (Å²) in [6, 6.07) is 3.60. The molecule has 0 N–H and O–H groups in total. The van der Waals surface area contributed by atoms with Gasteiger partial charge >= 0.3 is 5.97 Å². The SMILES string of the molecule is CC(C)N(C)S(=O)(=O)c1ccc(Cl)c(C(=O)OCC(=O)N2CCCC2)c1. The van der Waals surface area contributed by atoms with E-state index in [9.17, 15) is 18.0 Å². The van der Waals surface area contributed by atoms with Crippen molar-refractivity contribution in [3.8, 4) is 0 Å². The lowest BCUT2D eigenvalue weighted by atomic mass is 10.2. The van der Waals surface area contributed by atoms with Gasteiger partial charge in [0.1, 0.15) is 0 Å². The molecule has 0 bridgehead atoms. The molecule has 9 heteroatoms. The minimum atomic E-state index is -3.76. The Balaban J connectivity index is 2.16. The van der Waals surface area contributed by atoms with Crippen LogP contribution < -0.4 is 0 Å². The van der Waals surface area contributed by atoms with E-state index in [0.29, 0.717) is 13.1 Å². The highest BCUT2D eigenvalue weighted by Crippen LogP contribution is 2.24. The van der Waals surface area contributed by atoms with E-state index >= 15 is 0 Å². The maximum Gasteiger partial charge on any atom is 0.340 e. The van der Waals surface area contributed by atoms with Crippen LogP contribution in [0, 0.1) is 0 Å². The molecule has 1 aliphatic heterocycles. The molecule has 1 saturated heterocycles. The smallest absolute Gasteiger partial charge is 0.340 e. The van der Waals surface area contributed by atoms with Gasteiger partial charge in [-0.1, -0.05) is 11.6 Å². The number of ether oxygens (including phenoxy) is 1. The first-order valence-electron chi connectivity index (χ1n) is 8.37. The number of esters is 1. The monoisotopic (exact) mass is 402 g/mol. The number of hydrogen-bond donors (Lipinski definition) is 0. The Hall–Kier alpha value is -1.64. The highest BCUT2D eigenvalue weighted by Gasteiger charge is 2.26.